The quantitative estimate of drug-likeness (QED) is 0.666. The molecule has 4 nitrogen and oxygen atoms in total. The number of rotatable bonds is 4. The first-order chi connectivity index (χ1) is 9.10. The summed E-state index contributed by atoms with van der Waals surface area (Å²) in [6.07, 6.45) is 2.04. The summed E-state index contributed by atoms with van der Waals surface area (Å²) in [5.74, 6) is 5.82. The van der Waals surface area contributed by atoms with Gasteiger partial charge in [-0.25, -0.2) is 14.4 Å². The predicted octanol–water partition coefficient (Wildman–Crippen LogP) is 2.32. The second-order valence-electron chi connectivity index (χ2n) is 4.19. The molecule has 6 heteroatoms. The van der Waals surface area contributed by atoms with E-state index in [4.69, 9.17) is 17.4 Å². The molecule has 1 aromatic carbocycles. The predicted molar refractivity (Wildman–Crippen MR) is 71.9 cm³/mol. The molecule has 0 saturated carbocycles. The van der Waals surface area contributed by atoms with Gasteiger partial charge in [0.15, 0.2) is 0 Å². The largest absolute Gasteiger partial charge is 0.271 e. The van der Waals surface area contributed by atoms with Crippen molar-refractivity contribution in [2.45, 2.75) is 19.4 Å². The number of benzene rings is 1. The van der Waals surface area contributed by atoms with Crippen LogP contribution >= 0.6 is 11.6 Å². The SMILES string of the molecule is Cc1nccc(C(Cc2ccc(Cl)cc2F)NN)n1. The zero-order valence-electron chi connectivity index (χ0n) is 10.4. The molecule has 19 heavy (non-hydrogen) atoms. The van der Waals surface area contributed by atoms with Gasteiger partial charge in [-0.15, -0.1) is 0 Å². The molecular formula is C13H14ClFN4. The highest BCUT2D eigenvalue weighted by atomic mass is 35.5. The number of halogens is 2. The van der Waals surface area contributed by atoms with E-state index in [9.17, 15) is 4.39 Å². The fourth-order valence-electron chi connectivity index (χ4n) is 1.82. The van der Waals surface area contributed by atoms with Crippen molar-refractivity contribution in [2.24, 2.45) is 5.84 Å². The van der Waals surface area contributed by atoms with E-state index in [-0.39, 0.29) is 11.9 Å². The Balaban J connectivity index is 2.24. The van der Waals surface area contributed by atoms with E-state index in [2.05, 4.69) is 15.4 Å². The molecule has 1 aromatic heterocycles. The van der Waals surface area contributed by atoms with Gasteiger partial charge in [-0.3, -0.25) is 11.3 Å². The second-order valence-corrected chi connectivity index (χ2v) is 4.62. The van der Waals surface area contributed by atoms with Gasteiger partial charge in [0, 0.05) is 11.2 Å². The molecule has 0 aliphatic heterocycles. The first-order valence-corrected chi connectivity index (χ1v) is 6.17. The number of hydrazine groups is 1. The Morgan fingerprint density at radius 3 is 2.84 bits per heavy atom. The molecule has 0 spiro atoms. The maximum Gasteiger partial charge on any atom is 0.127 e. The molecule has 1 unspecified atom stereocenters. The van der Waals surface area contributed by atoms with Crippen LogP contribution in [0.15, 0.2) is 30.5 Å². The van der Waals surface area contributed by atoms with Crippen LogP contribution in [-0.2, 0) is 6.42 Å². The number of hydrogen-bond acceptors (Lipinski definition) is 4. The molecule has 0 bridgehead atoms. The van der Waals surface area contributed by atoms with E-state index in [1.807, 2.05) is 0 Å². The van der Waals surface area contributed by atoms with Crippen molar-refractivity contribution in [1.29, 1.82) is 0 Å². The lowest BCUT2D eigenvalue weighted by Crippen LogP contribution is -2.30. The average Bonchev–Trinajstić information content (AvgIpc) is 2.38. The lowest BCUT2D eigenvalue weighted by Gasteiger charge is -2.16. The molecule has 3 N–H and O–H groups in total. The number of hydrogen-bond donors (Lipinski definition) is 2. The Morgan fingerprint density at radius 2 is 2.21 bits per heavy atom. The summed E-state index contributed by atoms with van der Waals surface area (Å²) in [6, 6.07) is 6.06. The number of nitrogens with zero attached hydrogens (tertiary/aromatic N) is 2. The molecule has 0 aliphatic rings. The lowest BCUT2D eigenvalue weighted by atomic mass is 10.0. The summed E-state index contributed by atoms with van der Waals surface area (Å²) < 4.78 is 13.8. The lowest BCUT2D eigenvalue weighted by molar-refractivity contribution is 0.517. The Labute approximate surface area is 115 Å². The van der Waals surface area contributed by atoms with Gasteiger partial charge in [0.05, 0.1) is 11.7 Å². The minimum Gasteiger partial charge on any atom is -0.271 e. The van der Waals surface area contributed by atoms with E-state index in [1.165, 1.54) is 6.07 Å². The average molecular weight is 281 g/mol. The monoisotopic (exact) mass is 280 g/mol. The molecule has 0 fully saturated rings. The van der Waals surface area contributed by atoms with Crippen LogP contribution in [-0.4, -0.2) is 9.97 Å². The molecular weight excluding hydrogens is 267 g/mol. The molecule has 1 heterocycles. The van der Waals surface area contributed by atoms with Gasteiger partial charge < -0.3 is 0 Å². The molecule has 2 rings (SSSR count). The smallest absolute Gasteiger partial charge is 0.127 e. The van der Waals surface area contributed by atoms with E-state index < -0.39 is 0 Å². The second kappa shape index (κ2) is 6.06. The normalized spacial score (nSPS) is 12.4. The van der Waals surface area contributed by atoms with Crippen molar-refractivity contribution < 1.29 is 4.39 Å². The summed E-state index contributed by atoms with van der Waals surface area (Å²) in [5.41, 5.74) is 3.90. The van der Waals surface area contributed by atoms with Crippen LogP contribution in [0.3, 0.4) is 0 Å². The first kappa shape index (κ1) is 13.9. The summed E-state index contributed by atoms with van der Waals surface area (Å²) in [6.45, 7) is 1.79. The van der Waals surface area contributed by atoms with Crippen molar-refractivity contribution in [2.75, 3.05) is 0 Å². The van der Waals surface area contributed by atoms with E-state index in [1.54, 1.807) is 31.3 Å². The van der Waals surface area contributed by atoms with Crippen LogP contribution in [0.2, 0.25) is 5.02 Å². The van der Waals surface area contributed by atoms with Crippen LogP contribution in [0, 0.1) is 12.7 Å². The minimum absolute atomic E-state index is 0.280. The van der Waals surface area contributed by atoms with Crippen LogP contribution < -0.4 is 11.3 Å². The maximum absolute atomic E-state index is 13.8. The number of nitrogens with two attached hydrogens (primary N) is 1. The molecule has 2 aromatic rings. The number of aromatic nitrogens is 2. The highest BCUT2D eigenvalue weighted by Gasteiger charge is 2.15. The highest BCUT2D eigenvalue weighted by molar-refractivity contribution is 6.30. The van der Waals surface area contributed by atoms with Gasteiger partial charge in [0.1, 0.15) is 11.6 Å². The van der Waals surface area contributed by atoms with Crippen molar-refractivity contribution >= 4 is 11.6 Å². The van der Waals surface area contributed by atoms with Crippen molar-refractivity contribution in [1.82, 2.24) is 15.4 Å². The molecule has 1 atom stereocenters. The molecule has 100 valence electrons. The molecule has 0 saturated heterocycles. The van der Waals surface area contributed by atoms with Crippen molar-refractivity contribution in [3.05, 3.63) is 58.4 Å². The van der Waals surface area contributed by atoms with Crippen LogP contribution in [0.25, 0.3) is 0 Å². The first-order valence-electron chi connectivity index (χ1n) is 5.79. The fourth-order valence-corrected chi connectivity index (χ4v) is 1.98. The summed E-state index contributed by atoms with van der Waals surface area (Å²) in [5, 5.41) is 0.372. The van der Waals surface area contributed by atoms with Gasteiger partial charge in [-0.05, 0) is 37.1 Å². The van der Waals surface area contributed by atoms with Gasteiger partial charge >= 0.3 is 0 Å². The number of nitrogens with one attached hydrogen (secondary N) is 1. The molecule has 0 radical (unpaired) electrons. The summed E-state index contributed by atoms with van der Waals surface area (Å²) in [4.78, 5) is 8.31. The topological polar surface area (TPSA) is 63.8 Å². The van der Waals surface area contributed by atoms with Crippen LogP contribution in [0.5, 0.6) is 0 Å². The Morgan fingerprint density at radius 1 is 1.42 bits per heavy atom. The Bertz CT molecular complexity index is 576. The summed E-state index contributed by atoms with van der Waals surface area (Å²) in [7, 11) is 0. The zero-order valence-corrected chi connectivity index (χ0v) is 11.2. The van der Waals surface area contributed by atoms with E-state index in [0.717, 1.165) is 5.69 Å². The van der Waals surface area contributed by atoms with E-state index >= 15 is 0 Å². The third-order valence-electron chi connectivity index (χ3n) is 2.79. The minimum atomic E-state index is -0.349. The van der Waals surface area contributed by atoms with Gasteiger partial charge in [0.25, 0.3) is 0 Å². The van der Waals surface area contributed by atoms with Crippen molar-refractivity contribution in [3.63, 3.8) is 0 Å². The summed E-state index contributed by atoms with van der Waals surface area (Å²) >= 11 is 5.72. The third-order valence-corrected chi connectivity index (χ3v) is 3.03. The maximum atomic E-state index is 13.8. The van der Waals surface area contributed by atoms with Crippen LogP contribution in [0.4, 0.5) is 4.39 Å². The van der Waals surface area contributed by atoms with Gasteiger partial charge in [-0.2, -0.15) is 0 Å². The standard InChI is InChI=1S/C13H14ClFN4/c1-8-17-5-4-12(18-8)13(19-16)6-9-2-3-10(14)7-11(9)15/h2-5,7,13,19H,6,16H2,1H3. The van der Waals surface area contributed by atoms with Crippen molar-refractivity contribution in [3.8, 4) is 0 Å². The Kier molecular flexibility index (Phi) is 4.42. The Hall–Kier alpha value is -1.56. The van der Waals surface area contributed by atoms with Gasteiger partial charge in [0.2, 0.25) is 0 Å². The van der Waals surface area contributed by atoms with Gasteiger partial charge in [-0.1, -0.05) is 17.7 Å². The molecule has 0 aliphatic carbocycles. The highest BCUT2D eigenvalue weighted by Crippen LogP contribution is 2.20. The fraction of sp³-hybridized carbons (Fsp3) is 0.231. The molecule has 0 amide bonds. The van der Waals surface area contributed by atoms with Crippen LogP contribution in [0.1, 0.15) is 23.1 Å². The third kappa shape index (κ3) is 3.47. The number of aryl methyl sites for hydroxylation is 1. The van der Waals surface area contributed by atoms with E-state index in [0.29, 0.717) is 22.8 Å². The zero-order chi connectivity index (χ0) is 13.8.